The highest BCUT2D eigenvalue weighted by Crippen LogP contribution is 2.26. The summed E-state index contributed by atoms with van der Waals surface area (Å²) >= 11 is 5.82. The van der Waals surface area contributed by atoms with Crippen LogP contribution in [0.25, 0.3) is 0 Å². The van der Waals surface area contributed by atoms with Crippen molar-refractivity contribution in [3.63, 3.8) is 0 Å². The van der Waals surface area contributed by atoms with Crippen LogP contribution in [0.5, 0.6) is 5.75 Å². The van der Waals surface area contributed by atoms with Crippen molar-refractivity contribution in [2.75, 3.05) is 17.7 Å². The van der Waals surface area contributed by atoms with Crippen LogP contribution in [-0.4, -0.2) is 16.6 Å². The van der Waals surface area contributed by atoms with Crippen LogP contribution >= 0.6 is 11.6 Å². The molecule has 6 heteroatoms. The maximum absolute atomic E-state index is 5.82. The third-order valence-electron chi connectivity index (χ3n) is 2.24. The zero-order valence-corrected chi connectivity index (χ0v) is 10.6. The van der Waals surface area contributed by atoms with Gasteiger partial charge in [0.25, 0.3) is 0 Å². The van der Waals surface area contributed by atoms with Gasteiger partial charge < -0.3 is 15.8 Å². The molecule has 3 N–H and O–H groups in total. The van der Waals surface area contributed by atoms with Gasteiger partial charge in [-0.2, -0.15) is 0 Å². The van der Waals surface area contributed by atoms with Crippen LogP contribution in [0.4, 0.5) is 17.2 Å². The van der Waals surface area contributed by atoms with E-state index in [9.17, 15) is 0 Å². The molecule has 0 amide bonds. The molecule has 0 fully saturated rings. The fourth-order valence-corrected chi connectivity index (χ4v) is 1.57. The molecule has 0 aliphatic carbocycles. The van der Waals surface area contributed by atoms with Crippen molar-refractivity contribution >= 4 is 28.8 Å². The van der Waals surface area contributed by atoms with E-state index in [0.29, 0.717) is 18.1 Å². The molecule has 2 rings (SSSR count). The van der Waals surface area contributed by atoms with Crippen molar-refractivity contribution in [2.24, 2.45) is 0 Å². The van der Waals surface area contributed by atoms with Gasteiger partial charge in [-0.3, -0.25) is 0 Å². The summed E-state index contributed by atoms with van der Waals surface area (Å²) in [5, 5.41) is 3.30. The second kappa shape index (κ2) is 5.55. The first kappa shape index (κ1) is 12.4. The van der Waals surface area contributed by atoms with Gasteiger partial charge in [0.2, 0.25) is 0 Å². The molecule has 0 spiro atoms. The van der Waals surface area contributed by atoms with Gasteiger partial charge in [0.15, 0.2) is 11.0 Å². The van der Waals surface area contributed by atoms with Crippen LogP contribution in [0.1, 0.15) is 6.92 Å². The topological polar surface area (TPSA) is 73.1 Å². The Labute approximate surface area is 110 Å². The van der Waals surface area contributed by atoms with Crippen LogP contribution in [0, 0.1) is 0 Å². The lowest BCUT2D eigenvalue weighted by Crippen LogP contribution is -2.01. The van der Waals surface area contributed by atoms with Crippen LogP contribution < -0.4 is 15.8 Å². The van der Waals surface area contributed by atoms with E-state index in [4.69, 9.17) is 22.1 Å². The zero-order chi connectivity index (χ0) is 13.0. The first-order valence-electron chi connectivity index (χ1n) is 5.46. The second-order valence-corrected chi connectivity index (χ2v) is 3.87. The largest absolute Gasteiger partial charge is 0.494 e. The normalized spacial score (nSPS) is 10.1. The molecule has 1 aromatic carbocycles. The fraction of sp³-hybridized carbons (Fsp3) is 0.167. The molecule has 0 saturated heterocycles. The summed E-state index contributed by atoms with van der Waals surface area (Å²) in [6.45, 7) is 2.55. The maximum atomic E-state index is 5.82. The maximum Gasteiger partial charge on any atom is 0.158 e. The number of hydrogen-bond acceptors (Lipinski definition) is 5. The van der Waals surface area contributed by atoms with E-state index in [1.165, 1.54) is 6.33 Å². The van der Waals surface area contributed by atoms with E-state index in [1.807, 2.05) is 31.2 Å². The van der Waals surface area contributed by atoms with Gasteiger partial charge in [0, 0.05) is 11.8 Å². The highest BCUT2D eigenvalue weighted by Gasteiger charge is 2.06. The summed E-state index contributed by atoms with van der Waals surface area (Å²) < 4.78 is 5.41. The van der Waals surface area contributed by atoms with Crippen LogP contribution in [0.3, 0.4) is 0 Å². The number of ether oxygens (including phenoxy) is 1. The molecule has 0 aliphatic heterocycles. The predicted molar refractivity (Wildman–Crippen MR) is 72.3 cm³/mol. The average molecular weight is 265 g/mol. The summed E-state index contributed by atoms with van der Waals surface area (Å²) in [5.41, 5.74) is 6.92. The van der Waals surface area contributed by atoms with E-state index in [0.717, 1.165) is 11.4 Å². The van der Waals surface area contributed by atoms with Gasteiger partial charge in [0.05, 0.1) is 6.61 Å². The molecule has 5 nitrogen and oxygen atoms in total. The number of anilines is 3. The van der Waals surface area contributed by atoms with Crippen molar-refractivity contribution in [2.45, 2.75) is 6.92 Å². The minimum Gasteiger partial charge on any atom is -0.494 e. The number of halogens is 1. The zero-order valence-electron chi connectivity index (χ0n) is 9.85. The first-order valence-corrected chi connectivity index (χ1v) is 5.84. The summed E-state index contributed by atoms with van der Waals surface area (Å²) in [7, 11) is 0. The van der Waals surface area contributed by atoms with Crippen molar-refractivity contribution < 1.29 is 4.74 Å². The molecule has 0 saturated carbocycles. The Kier molecular flexibility index (Phi) is 3.84. The molecule has 0 aliphatic rings. The van der Waals surface area contributed by atoms with Crippen LogP contribution in [-0.2, 0) is 0 Å². The number of rotatable bonds is 4. The molecule has 0 radical (unpaired) electrons. The standard InChI is InChI=1S/C12H13ClN4O/c1-2-18-9-5-3-4-8(6-9)17-12-10(14)11(13)15-7-16-12/h3-7H,2,14H2,1H3,(H,15,16,17). The number of hydrogen-bond donors (Lipinski definition) is 2. The van der Waals surface area contributed by atoms with Gasteiger partial charge in [-0.1, -0.05) is 17.7 Å². The molecule has 18 heavy (non-hydrogen) atoms. The lowest BCUT2D eigenvalue weighted by Gasteiger charge is -2.10. The van der Waals surface area contributed by atoms with Crippen LogP contribution in [0.2, 0.25) is 5.15 Å². The quantitative estimate of drug-likeness (QED) is 0.831. The van der Waals surface area contributed by atoms with Gasteiger partial charge in [0.1, 0.15) is 17.8 Å². The second-order valence-electron chi connectivity index (χ2n) is 3.51. The lowest BCUT2D eigenvalue weighted by molar-refractivity contribution is 0.340. The molecular weight excluding hydrogens is 252 g/mol. The summed E-state index contributed by atoms with van der Waals surface area (Å²) in [4.78, 5) is 7.83. The Balaban J connectivity index is 2.23. The minimum atomic E-state index is 0.230. The SMILES string of the molecule is CCOc1cccc(Nc2ncnc(Cl)c2N)c1. The van der Waals surface area contributed by atoms with Crippen molar-refractivity contribution in [1.29, 1.82) is 0 Å². The summed E-state index contributed by atoms with van der Waals surface area (Å²) in [6.07, 6.45) is 1.35. The monoisotopic (exact) mass is 264 g/mol. The molecule has 0 atom stereocenters. The van der Waals surface area contributed by atoms with Gasteiger partial charge in [-0.15, -0.1) is 0 Å². The van der Waals surface area contributed by atoms with Crippen molar-refractivity contribution in [3.8, 4) is 5.75 Å². The number of nitrogens with two attached hydrogens (primary N) is 1. The number of nitrogens with zero attached hydrogens (tertiary/aromatic N) is 2. The Bertz CT molecular complexity index is 547. The Hall–Kier alpha value is -2.01. The molecular formula is C12H13ClN4O. The average Bonchev–Trinajstić information content (AvgIpc) is 2.36. The lowest BCUT2D eigenvalue weighted by atomic mass is 10.3. The molecule has 0 bridgehead atoms. The molecule has 1 heterocycles. The minimum absolute atomic E-state index is 0.230. The molecule has 2 aromatic rings. The number of nitrogen functional groups attached to an aromatic ring is 1. The number of nitrogens with one attached hydrogen (secondary N) is 1. The highest BCUT2D eigenvalue weighted by molar-refractivity contribution is 6.32. The predicted octanol–water partition coefficient (Wildman–Crippen LogP) is 2.85. The van der Waals surface area contributed by atoms with Gasteiger partial charge >= 0.3 is 0 Å². The van der Waals surface area contributed by atoms with E-state index < -0.39 is 0 Å². The van der Waals surface area contributed by atoms with Gasteiger partial charge in [-0.05, 0) is 19.1 Å². The molecule has 94 valence electrons. The van der Waals surface area contributed by atoms with E-state index in [2.05, 4.69) is 15.3 Å². The van der Waals surface area contributed by atoms with Crippen molar-refractivity contribution in [1.82, 2.24) is 9.97 Å². The summed E-state index contributed by atoms with van der Waals surface area (Å²) in [6, 6.07) is 7.51. The smallest absolute Gasteiger partial charge is 0.158 e. The Morgan fingerprint density at radius 2 is 2.22 bits per heavy atom. The third-order valence-corrected chi connectivity index (χ3v) is 2.54. The Morgan fingerprint density at radius 1 is 1.39 bits per heavy atom. The number of benzene rings is 1. The summed E-state index contributed by atoms with van der Waals surface area (Å²) in [5.74, 6) is 1.25. The molecule has 0 unspecified atom stereocenters. The molecule has 1 aromatic heterocycles. The van der Waals surface area contributed by atoms with Crippen LogP contribution in [0.15, 0.2) is 30.6 Å². The van der Waals surface area contributed by atoms with Gasteiger partial charge in [-0.25, -0.2) is 9.97 Å². The van der Waals surface area contributed by atoms with E-state index in [-0.39, 0.29) is 5.15 Å². The van der Waals surface area contributed by atoms with E-state index in [1.54, 1.807) is 0 Å². The number of aromatic nitrogens is 2. The van der Waals surface area contributed by atoms with E-state index >= 15 is 0 Å². The highest BCUT2D eigenvalue weighted by atomic mass is 35.5. The third kappa shape index (κ3) is 2.81. The fourth-order valence-electron chi connectivity index (χ4n) is 1.44. The first-order chi connectivity index (χ1) is 8.70. The van der Waals surface area contributed by atoms with Crippen molar-refractivity contribution in [3.05, 3.63) is 35.7 Å². The Morgan fingerprint density at radius 3 is 3.00 bits per heavy atom.